The number of hydrogen-bond acceptors (Lipinski definition) is 3. The molecule has 0 aromatic heterocycles. The summed E-state index contributed by atoms with van der Waals surface area (Å²) in [6.45, 7) is 2.13. The summed E-state index contributed by atoms with van der Waals surface area (Å²) in [7, 11) is 0. The Kier molecular flexibility index (Phi) is 8.00. The molecule has 158 valence electrons. The maximum atomic E-state index is 13.0. The van der Waals surface area contributed by atoms with Crippen LogP contribution in [-0.4, -0.2) is 23.6 Å². The van der Waals surface area contributed by atoms with Crippen LogP contribution in [0.15, 0.2) is 97.1 Å². The summed E-state index contributed by atoms with van der Waals surface area (Å²) in [5.74, 6) is -0.205. The van der Waals surface area contributed by atoms with Crippen LogP contribution in [0.2, 0.25) is 0 Å². The molecular weight excluding hydrogens is 388 g/mol. The van der Waals surface area contributed by atoms with Crippen LogP contribution in [0.4, 0.5) is 4.79 Å². The Morgan fingerprint density at radius 1 is 0.903 bits per heavy atom. The minimum atomic E-state index is -0.575. The first kappa shape index (κ1) is 21.8. The molecule has 5 nitrogen and oxygen atoms in total. The Morgan fingerprint density at radius 3 is 2.13 bits per heavy atom. The monoisotopic (exact) mass is 414 g/mol. The Hall–Kier alpha value is -3.86. The number of carbonyl (C=O) groups is 2. The third-order valence-electron chi connectivity index (χ3n) is 4.86. The van der Waals surface area contributed by atoms with E-state index in [1.54, 1.807) is 11.0 Å². The summed E-state index contributed by atoms with van der Waals surface area (Å²) < 4.78 is 5.27. The Morgan fingerprint density at radius 2 is 1.48 bits per heavy atom. The lowest BCUT2D eigenvalue weighted by atomic mass is 10.1. The molecule has 3 rings (SSSR count). The molecule has 5 heteroatoms. The number of alkyl carbamates (subject to hydrolysis) is 1. The minimum Gasteiger partial charge on any atom is -0.445 e. The Bertz CT molecular complexity index is 989. The largest absolute Gasteiger partial charge is 0.445 e. The van der Waals surface area contributed by atoms with Gasteiger partial charge in [0.25, 0.3) is 0 Å². The van der Waals surface area contributed by atoms with Crippen molar-refractivity contribution in [3.63, 3.8) is 0 Å². The zero-order valence-corrected chi connectivity index (χ0v) is 17.5. The summed E-state index contributed by atoms with van der Waals surface area (Å²) >= 11 is 0. The maximum Gasteiger partial charge on any atom is 0.408 e. The van der Waals surface area contributed by atoms with Gasteiger partial charge in [-0.15, -0.1) is 0 Å². The van der Waals surface area contributed by atoms with Crippen LogP contribution in [-0.2, 0) is 16.1 Å². The first-order chi connectivity index (χ1) is 15.1. The molecule has 0 aliphatic carbocycles. The number of hydrogen-bond donors (Lipinski definition) is 1. The molecule has 0 saturated heterocycles. The molecule has 0 fully saturated rings. The Labute approximate surface area is 183 Å². The number of carbonyl (C=O) groups excluding carboxylic acids is 2. The van der Waals surface area contributed by atoms with Crippen molar-refractivity contribution in [3.8, 4) is 0 Å². The predicted octanol–water partition coefficient (Wildman–Crippen LogP) is 5.17. The summed E-state index contributed by atoms with van der Waals surface area (Å²) in [5.41, 5.74) is 2.80. The van der Waals surface area contributed by atoms with E-state index in [9.17, 15) is 9.59 Å². The fourth-order valence-corrected chi connectivity index (χ4v) is 3.07. The SMILES string of the molecule is C[C@@H](c1ccccc1)N(CNC(=O)OCc1ccccc1)C(=O)/C=C/c1ccccc1. The molecule has 2 amide bonds. The molecule has 0 radical (unpaired) electrons. The van der Waals surface area contributed by atoms with Gasteiger partial charge in [-0.05, 0) is 29.7 Å². The smallest absolute Gasteiger partial charge is 0.408 e. The van der Waals surface area contributed by atoms with Gasteiger partial charge in [0, 0.05) is 6.08 Å². The molecule has 3 aromatic rings. The predicted molar refractivity (Wildman–Crippen MR) is 122 cm³/mol. The lowest BCUT2D eigenvalue weighted by Crippen LogP contribution is -2.42. The van der Waals surface area contributed by atoms with Crippen LogP contribution in [0.1, 0.15) is 29.7 Å². The van der Waals surface area contributed by atoms with Gasteiger partial charge in [-0.3, -0.25) is 4.79 Å². The quantitative estimate of drug-likeness (QED) is 0.408. The van der Waals surface area contributed by atoms with E-state index in [2.05, 4.69) is 5.32 Å². The average molecular weight is 415 g/mol. The third-order valence-corrected chi connectivity index (χ3v) is 4.86. The molecule has 1 atom stereocenters. The van der Waals surface area contributed by atoms with E-state index in [-0.39, 0.29) is 25.2 Å². The fourth-order valence-electron chi connectivity index (χ4n) is 3.07. The van der Waals surface area contributed by atoms with E-state index in [0.29, 0.717) is 0 Å². The van der Waals surface area contributed by atoms with Gasteiger partial charge in [-0.1, -0.05) is 91.0 Å². The van der Waals surface area contributed by atoms with Crippen molar-refractivity contribution in [2.75, 3.05) is 6.67 Å². The molecule has 0 aliphatic rings. The fraction of sp³-hybridized carbons (Fsp3) is 0.154. The van der Waals surface area contributed by atoms with Crippen LogP contribution >= 0.6 is 0 Å². The number of nitrogens with zero attached hydrogens (tertiary/aromatic N) is 1. The van der Waals surface area contributed by atoms with Gasteiger partial charge in [0.1, 0.15) is 6.61 Å². The van der Waals surface area contributed by atoms with Crippen molar-refractivity contribution in [2.24, 2.45) is 0 Å². The first-order valence-corrected chi connectivity index (χ1v) is 10.2. The topological polar surface area (TPSA) is 58.6 Å². The molecule has 3 aromatic carbocycles. The van der Waals surface area contributed by atoms with Crippen LogP contribution in [0.25, 0.3) is 6.08 Å². The van der Waals surface area contributed by atoms with Gasteiger partial charge in [-0.2, -0.15) is 0 Å². The summed E-state index contributed by atoms with van der Waals surface area (Å²) in [5, 5.41) is 2.69. The number of amides is 2. The zero-order valence-electron chi connectivity index (χ0n) is 17.5. The molecule has 1 N–H and O–H groups in total. The highest BCUT2D eigenvalue weighted by molar-refractivity contribution is 5.92. The van der Waals surface area contributed by atoms with E-state index in [1.165, 1.54) is 6.08 Å². The Balaban J connectivity index is 1.65. The van der Waals surface area contributed by atoms with Gasteiger partial charge in [-0.25, -0.2) is 4.79 Å². The highest BCUT2D eigenvalue weighted by Gasteiger charge is 2.20. The number of nitrogens with one attached hydrogen (secondary N) is 1. The summed E-state index contributed by atoms with van der Waals surface area (Å²) in [4.78, 5) is 26.8. The summed E-state index contributed by atoms with van der Waals surface area (Å²) in [6, 6.07) is 28.5. The second kappa shape index (κ2) is 11.4. The highest BCUT2D eigenvalue weighted by Crippen LogP contribution is 2.20. The molecule has 0 spiro atoms. The zero-order chi connectivity index (χ0) is 21.9. The van der Waals surface area contributed by atoms with Crippen molar-refractivity contribution in [1.29, 1.82) is 0 Å². The molecule has 0 aliphatic heterocycles. The number of benzene rings is 3. The minimum absolute atomic E-state index is 0.0294. The summed E-state index contributed by atoms with van der Waals surface area (Å²) in [6.07, 6.45) is 2.71. The lowest BCUT2D eigenvalue weighted by molar-refractivity contribution is -0.128. The second-order valence-corrected chi connectivity index (χ2v) is 7.04. The molecular formula is C26H26N2O3. The van der Waals surface area contributed by atoms with Crippen molar-refractivity contribution >= 4 is 18.1 Å². The van der Waals surface area contributed by atoms with E-state index in [0.717, 1.165) is 16.7 Å². The van der Waals surface area contributed by atoms with E-state index in [1.807, 2.05) is 97.9 Å². The van der Waals surface area contributed by atoms with Crippen LogP contribution < -0.4 is 5.32 Å². The van der Waals surface area contributed by atoms with Gasteiger partial charge in [0.15, 0.2) is 0 Å². The molecule has 0 unspecified atom stereocenters. The van der Waals surface area contributed by atoms with Crippen molar-refractivity contribution in [2.45, 2.75) is 19.6 Å². The van der Waals surface area contributed by atoms with Gasteiger partial charge < -0.3 is 15.0 Å². The van der Waals surface area contributed by atoms with E-state index < -0.39 is 6.09 Å². The van der Waals surface area contributed by atoms with E-state index >= 15 is 0 Å². The standard InChI is InChI=1S/C26H26N2O3/c1-21(24-15-9-4-10-16-24)28(25(29)18-17-22-11-5-2-6-12-22)20-27-26(30)31-19-23-13-7-3-8-14-23/h2-18,21H,19-20H2,1H3,(H,27,30)/b18-17+/t21-/m0/s1. The van der Waals surface area contributed by atoms with Gasteiger partial charge in [0.05, 0.1) is 12.7 Å². The number of ether oxygens (including phenoxy) is 1. The first-order valence-electron chi connectivity index (χ1n) is 10.2. The van der Waals surface area contributed by atoms with Crippen molar-refractivity contribution in [3.05, 3.63) is 114 Å². The number of rotatable bonds is 8. The molecule has 0 saturated carbocycles. The van der Waals surface area contributed by atoms with E-state index in [4.69, 9.17) is 4.74 Å². The maximum absolute atomic E-state index is 13.0. The highest BCUT2D eigenvalue weighted by atomic mass is 16.5. The van der Waals surface area contributed by atoms with Gasteiger partial charge >= 0.3 is 6.09 Å². The molecule has 0 heterocycles. The average Bonchev–Trinajstić information content (AvgIpc) is 2.83. The lowest BCUT2D eigenvalue weighted by Gasteiger charge is -2.28. The third kappa shape index (κ3) is 6.85. The second-order valence-electron chi connectivity index (χ2n) is 7.04. The van der Waals surface area contributed by atoms with Crippen LogP contribution in [0.5, 0.6) is 0 Å². The normalized spacial score (nSPS) is 11.6. The van der Waals surface area contributed by atoms with Crippen molar-refractivity contribution in [1.82, 2.24) is 10.2 Å². The van der Waals surface area contributed by atoms with Crippen LogP contribution in [0.3, 0.4) is 0 Å². The van der Waals surface area contributed by atoms with Gasteiger partial charge in [0.2, 0.25) is 5.91 Å². The van der Waals surface area contributed by atoms with Crippen molar-refractivity contribution < 1.29 is 14.3 Å². The molecule has 31 heavy (non-hydrogen) atoms. The molecule has 0 bridgehead atoms. The van der Waals surface area contributed by atoms with Crippen LogP contribution in [0, 0.1) is 0 Å².